The first kappa shape index (κ1) is 21.1. The van der Waals surface area contributed by atoms with Gasteiger partial charge in [0.15, 0.2) is 5.43 Å². The lowest BCUT2D eigenvalue weighted by atomic mass is 9.98. The molecular formula is C25H27NO5. The summed E-state index contributed by atoms with van der Waals surface area (Å²) in [4.78, 5) is 28.4. The van der Waals surface area contributed by atoms with Gasteiger partial charge in [0.1, 0.15) is 11.3 Å². The van der Waals surface area contributed by atoms with Crippen LogP contribution < -0.4 is 10.2 Å². The molecule has 0 saturated carbocycles. The van der Waals surface area contributed by atoms with E-state index in [1.165, 1.54) is 0 Å². The van der Waals surface area contributed by atoms with Crippen LogP contribution in [0.4, 0.5) is 0 Å². The maximum atomic E-state index is 13.4. The molecule has 6 nitrogen and oxygen atoms in total. The van der Waals surface area contributed by atoms with Crippen molar-refractivity contribution >= 4 is 16.9 Å². The third-order valence-corrected chi connectivity index (χ3v) is 5.43. The number of benzene rings is 2. The van der Waals surface area contributed by atoms with E-state index in [4.69, 9.17) is 13.9 Å². The molecule has 1 aliphatic rings. The van der Waals surface area contributed by atoms with Crippen LogP contribution in [-0.2, 0) is 4.74 Å². The molecule has 0 saturated heterocycles. The highest BCUT2D eigenvalue weighted by Crippen LogP contribution is 2.38. The Balaban J connectivity index is 1.76. The van der Waals surface area contributed by atoms with E-state index >= 15 is 0 Å². The van der Waals surface area contributed by atoms with Gasteiger partial charge in [-0.25, -0.2) is 0 Å². The lowest BCUT2D eigenvalue weighted by Crippen LogP contribution is -2.31. The average Bonchev–Trinajstić information content (AvgIpc) is 3.08. The summed E-state index contributed by atoms with van der Waals surface area (Å²) < 4.78 is 17.1. The number of hydrogen-bond acceptors (Lipinski definition) is 5. The third-order valence-electron chi connectivity index (χ3n) is 5.43. The van der Waals surface area contributed by atoms with Gasteiger partial charge in [-0.1, -0.05) is 31.2 Å². The highest BCUT2D eigenvalue weighted by atomic mass is 16.5. The van der Waals surface area contributed by atoms with Gasteiger partial charge in [0.2, 0.25) is 5.76 Å². The van der Waals surface area contributed by atoms with Crippen LogP contribution in [0, 0.1) is 0 Å². The number of hydrogen-bond donors (Lipinski definition) is 0. The van der Waals surface area contributed by atoms with Crippen molar-refractivity contribution in [1.29, 1.82) is 0 Å². The minimum Gasteiger partial charge on any atom is -0.494 e. The van der Waals surface area contributed by atoms with Crippen LogP contribution in [0.1, 0.15) is 54.4 Å². The van der Waals surface area contributed by atoms with Crippen molar-refractivity contribution in [2.24, 2.45) is 0 Å². The van der Waals surface area contributed by atoms with Crippen LogP contribution in [0.15, 0.2) is 57.7 Å². The molecule has 0 fully saturated rings. The second-order valence-electron chi connectivity index (χ2n) is 7.54. The minimum absolute atomic E-state index is 0.136. The third kappa shape index (κ3) is 4.08. The average molecular weight is 421 g/mol. The van der Waals surface area contributed by atoms with E-state index in [9.17, 15) is 9.59 Å². The van der Waals surface area contributed by atoms with Crippen molar-refractivity contribution in [3.05, 3.63) is 75.6 Å². The zero-order valence-corrected chi connectivity index (χ0v) is 17.9. The molecule has 2 aromatic carbocycles. The van der Waals surface area contributed by atoms with Crippen LogP contribution in [-0.4, -0.2) is 37.2 Å². The van der Waals surface area contributed by atoms with Crippen molar-refractivity contribution in [3.8, 4) is 5.75 Å². The van der Waals surface area contributed by atoms with Gasteiger partial charge < -0.3 is 18.8 Å². The highest BCUT2D eigenvalue weighted by Gasteiger charge is 2.42. The largest absolute Gasteiger partial charge is 0.494 e. The first-order chi connectivity index (χ1) is 15.2. The Morgan fingerprint density at radius 2 is 1.77 bits per heavy atom. The number of carbonyl (C=O) groups excluding carboxylic acids is 1. The lowest BCUT2D eigenvalue weighted by molar-refractivity contribution is 0.0696. The molecule has 31 heavy (non-hydrogen) atoms. The molecule has 3 aromatic rings. The monoisotopic (exact) mass is 421 g/mol. The molecule has 162 valence electrons. The van der Waals surface area contributed by atoms with Gasteiger partial charge in [0.25, 0.3) is 5.91 Å². The van der Waals surface area contributed by atoms with Crippen molar-refractivity contribution in [1.82, 2.24) is 4.90 Å². The van der Waals surface area contributed by atoms with Crippen LogP contribution in [0.3, 0.4) is 0 Å². The Bertz CT molecular complexity index is 1120. The second-order valence-corrected chi connectivity index (χ2v) is 7.54. The lowest BCUT2D eigenvalue weighted by Gasteiger charge is -2.25. The standard InChI is InChI=1S/C25H27NO5/c1-3-15-30-18-12-10-17(11-13-18)22-21-23(27)19-8-5-6-9-20(19)31-24(21)25(28)26(22)14-7-16-29-4-2/h5-6,8-13,22H,3-4,7,14-16H2,1-2H3. The number of ether oxygens (including phenoxy) is 2. The summed E-state index contributed by atoms with van der Waals surface area (Å²) in [6.07, 6.45) is 1.60. The number of carbonyl (C=O) groups is 1. The molecule has 4 rings (SSSR count). The highest BCUT2D eigenvalue weighted by molar-refractivity contribution is 5.99. The minimum atomic E-state index is -0.495. The van der Waals surface area contributed by atoms with Gasteiger partial charge in [0, 0.05) is 19.8 Å². The number of rotatable bonds is 9. The van der Waals surface area contributed by atoms with E-state index in [0.717, 1.165) is 17.7 Å². The Labute approximate surface area is 181 Å². The molecule has 0 bridgehead atoms. The quantitative estimate of drug-likeness (QED) is 0.474. The molecular weight excluding hydrogens is 394 g/mol. The smallest absolute Gasteiger partial charge is 0.290 e. The zero-order valence-electron chi connectivity index (χ0n) is 17.9. The Kier molecular flexibility index (Phi) is 6.37. The maximum Gasteiger partial charge on any atom is 0.290 e. The van der Waals surface area contributed by atoms with Crippen LogP contribution in [0.5, 0.6) is 5.75 Å². The topological polar surface area (TPSA) is 69.0 Å². The van der Waals surface area contributed by atoms with Gasteiger partial charge >= 0.3 is 0 Å². The molecule has 0 radical (unpaired) electrons. The molecule has 1 amide bonds. The SMILES string of the molecule is CCCOc1ccc(C2c3c(oc4ccccc4c3=O)C(=O)N2CCCOCC)cc1. The van der Waals surface area contributed by atoms with Gasteiger partial charge in [-0.15, -0.1) is 0 Å². The van der Waals surface area contributed by atoms with Gasteiger partial charge in [0.05, 0.1) is 23.6 Å². The molecule has 1 atom stereocenters. The van der Waals surface area contributed by atoms with E-state index in [1.54, 1.807) is 29.2 Å². The van der Waals surface area contributed by atoms with Crippen molar-refractivity contribution in [3.63, 3.8) is 0 Å². The molecule has 2 heterocycles. The number of para-hydroxylation sites is 1. The van der Waals surface area contributed by atoms with Gasteiger partial charge in [-0.05, 0) is 49.6 Å². The summed E-state index contributed by atoms with van der Waals surface area (Å²) in [5, 5.41) is 0.484. The normalized spacial score (nSPS) is 15.5. The fourth-order valence-electron chi connectivity index (χ4n) is 3.99. The summed E-state index contributed by atoms with van der Waals surface area (Å²) in [6, 6.07) is 14.2. The predicted octanol–water partition coefficient (Wildman–Crippen LogP) is 4.55. The molecule has 0 spiro atoms. The summed E-state index contributed by atoms with van der Waals surface area (Å²) >= 11 is 0. The van der Waals surface area contributed by atoms with Crippen molar-refractivity contribution < 1.29 is 18.7 Å². The molecule has 0 N–H and O–H groups in total. The molecule has 1 aromatic heterocycles. The number of fused-ring (bicyclic) bond motifs is 2. The second kappa shape index (κ2) is 9.35. The first-order valence-corrected chi connectivity index (χ1v) is 10.8. The molecule has 1 aliphatic heterocycles. The zero-order chi connectivity index (χ0) is 21.8. The fourth-order valence-corrected chi connectivity index (χ4v) is 3.99. The molecule has 1 unspecified atom stereocenters. The summed E-state index contributed by atoms with van der Waals surface area (Å²) in [5.41, 5.74) is 1.53. The Morgan fingerprint density at radius 1 is 1.00 bits per heavy atom. The predicted molar refractivity (Wildman–Crippen MR) is 119 cm³/mol. The van der Waals surface area contributed by atoms with E-state index < -0.39 is 6.04 Å². The van der Waals surface area contributed by atoms with Crippen LogP contribution >= 0.6 is 0 Å². The Morgan fingerprint density at radius 3 is 2.52 bits per heavy atom. The van der Waals surface area contributed by atoms with Crippen molar-refractivity contribution in [2.45, 2.75) is 32.7 Å². The maximum absolute atomic E-state index is 13.4. The van der Waals surface area contributed by atoms with E-state index in [-0.39, 0.29) is 17.1 Å². The van der Waals surface area contributed by atoms with Crippen LogP contribution in [0.2, 0.25) is 0 Å². The molecule has 6 heteroatoms. The van der Waals surface area contributed by atoms with Gasteiger partial charge in [-0.2, -0.15) is 0 Å². The summed E-state index contributed by atoms with van der Waals surface area (Å²) in [7, 11) is 0. The van der Waals surface area contributed by atoms with E-state index in [2.05, 4.69) is 6.92 Å². The van der Waals surface area contributed by atoms with E-state index in [0.29, 0.717) is 49.3 Å². The summed E-state index contributed by atoms with van der Waals surface area (Å²) in [6.45, 7) is 6.29. The van der Waals surface area contributed by atoms with Crippen molar-refractivity contribution in [2.75, 3.05) is 26.4 Å². The first-order valence-electron chi connectivity index (χ1n) is 10.8. The number of nitrogens with zero attached hydrogens (tertiary/aromatic N) is 1. The molecule has 0 aliphatic carbocycles. The summed E-state index contributed by atoms with van der Waals surface area (Å²) in [5.74, 6) is 0.644. The van der Waals surface area contributed by atoms with Crippen LogP contribution in [0.25, 0.3) is 11.0 Å². The number of amides is 1. The fraction of sp³-hybridized carbons (Fsp3) is 0.360. The Hall–Kier alpha value is -3.12. The van der Waals surface area contributed by atoms with Gasteiger partial charge in [-0.3, -0.25) is 9.59 Å². The van der Waals surface area contributed by atoms with E-state index in [1.807, 2.05) is 31.2 Å².